The first-order valence-electron chi connectivity index (χ1n) is 7.61. The lowest BCUT2D eigenvalue weighted by molar-refractivity contribution is -0.159. The number of allylic oxidation sites excluding steroid dienone is 1. The third-order valence-electron chi connectivity index (χ3n) is 3.56. The molecule has 1 heterocycles. The molecule has 1 aliphatic rings. The van der Waals surface area contributed by atoms with Gasteiger partial charge in [0.05, 0.1) is 0 Å². The molecule has 2 rings (SSSR count). The predicted molar refractivity (Wildman–Crippen MR) is 88.2 cm³/mol. The predicted octanol–water partition coefficient (Wildman–Crippen LogP) is 1.01. The van der Waals surface area contributed by atoms with Gasteiger partial charge in [0.15, 0.2) is 0 Å². The summed E-state index contributed by atoms with van der Waals surface area (Å²) in [5, 5.41) is 24.8. The lowest BCUT2D eigenvalue weighted by Crippen LogP contribution is -2.30. The summed E-state index contributed by atoms with van der Waals surface area (Å²) in [5.74, 6) is -2.79. The second-order valence-electron chi connectivity index (χ2n) is 5.29. The molecule has 0 saturated carbocycles. The molecule has 1 aromatic carbocycles. The maximum atomic E-state index is 9.99. The Labute approximate surface area is 140 Å². The fourth-order valence-corrected chi connectivity index (χ4v) is 2.31. The van der Waals surface area contributed by atoms with Gasteiger partial charge in [-0.2, -0.15) is 0 Å². The molecule has 7 nitrogen and oxygen atoms in total. The molecule has 3 N–H and O–H groups in total. The molecule has 0 unspecified atom stereocenters. The molecule has 2 atom stereocenters. The molecule has 0 aromatic heterocycles. The van der Waals surface area contributed by atoms with E-state index in [2.05, 4.69) is 18.4 Å². The van der Waals surface area contributed by atoms with E-state index in [4.69, 9.17) is 24.5 Å². The van der Waals surface area contributed by atoms with Crippen molar-refractivity contribution in [3.63, 3.8) is 0 Å². The first-order valence-corrected chi connectivity index (χ1v) is 7.61. The number of likely N-dealkylation sites (N-methyl/N-ethyl adjacent to an activating group) is 1. The van der Waals surface area contributed by atoms with Gasteiger partial charge in [-0.25, -0.2) is 9.59 Å². The van der Waals surface area contributed by atoms with Gasteiger partial charge in [0.2, 0.25) is 0 Å². The van der Waals surface area contributed by atoms with Crippen LogP contribution in [0.2, 0.25) is 0 Å². The molecular weight excluding hydrogens is 314 g/mol. The number of nitrogens with zero attached hydrogens (tertiary/aromatic N) is 1. The number of β-amino-alcohol motifs (C(OH)–C–C–N with tert-alkyl or cyclic N) is 1. The Bertz CT molecular complexity index is 562. The van der Waals surface area contributed by atoms with Crippen molar-refractivity contribution in [1.82, 2.24) is 4.90 Å². The van der Waals surface area contributed by atoms with Gasteiger partial charge in [-0.15, -0.1) is 6.58 Å². The van der Waals surface area contributed by atoms with Crippen molar-refractivity contribution in [3.05, 3.63) is 42.5 Å². The highest BCUT2D eigenvalue weighted by Gasteiger charge is 2.32. The van der Waals surface area contributed by atoms with Gasteiger partial charge >= 0.3 is 11.9 Å². The number of likely N-dealkylation sites (tertiary alicyclic amines) is 1. The molecule has 7 heteroatoms. The number of carbonyl (C=O) groups is 2. The van der Waals surface area contributed by atoms with E-state index in [-0.39, 0.29) is 6.10 Å². The van der Waals surface area contributed by atoms with E-state index in [1.807, 2.05) is 30.3 Å². The van der Waals surface area contributed by atoms with E-state index >= 15 is 0 Å². The SMILES string of the molecule is C=CCc1ccccc1O[C@@H]1CN(CC)C[C@H]1O.O=C(O)C(=O)O. The number of hydrogen-bond acceptors (Lipinski definition) is 5. The van der Waals surface area contributed by atoms with Crippen LogP contribution in [0, 0.1) is 0 Å². The standard InChI is InChI=1S/C15H21NO2.C2H2O4/c1-3-7-12-8-5-6-9-14(12)18-15-11-16(4-2)10-13(15)17;3-1(4)2(5)6/h3,5-6,8-9,13,15,17H,1,4,7,10-11H2,2H3;(H,3,4)(H,5,6)/t13-,15-;/m1./s1. The largest absolute Gasteiger partial charge is 0.486 e. The summed E-state index contributed by atoms with van der Waals surface area (Å²) in [4.78, 5) is 20.4. The minimum Gasteiger partial charge on any atom is -0.486 e. The highest BCUT2D eigenvalue weighted by atomic mass is 16.5. The van der Waals surface area contributed by atoms with E-state index in [9.17, 15) is 5.11 Å². The van der Waals surface area contributed by atoms with Gasteiger partial charge in [-0.1, -0.05) is 31.2 Å². The van der Waals surface area contributed by atoms with Crippen LogP contribution >= 0.6 is 0 Å². The molecule has 1 fully saturated rings. The van der Waals surface area contributed by atoms with Crippen LogP contribution in [0.25, 0.3) is 0 Å². The molecule has 0 bridgehead atoms. The molecular formula is C17H23NO6. The Morgan fingerprint density at radius 3 is 2.42 bits per heavy atom. The van der Waals surface area contributed by atoms with E-state index in [1.54, 1.807) is 0 Å². The number of ether oxygens (including phenoxy) is 1. The smallest absolute Gasteiger partial charge is 0.414 e. The summed E-state index contributed by atoms with van der Waals surface area (Å²) in [6.07, 6.45) is 2.12. The second-order valence-corrected chi connectivity index (χ2v) is 5.29. The number of para-hydroxylation sites is 1. The summed E-state index contributed by atoms with van der Waals surface area (Å²) < 4.78 is 5.96. The van der Waals surface area contributed by atoms with Crippen LogP contribution in [-0.2, 0) is 16.0 Å². The average Bonchev–Trinajstić information content (AvgIpc) is 2.90. The molecule has 0 amide bonds. The Kier molecular flexibility index (Phi) is 7.94. The number of aliphatic hydroxyl groups is 1. The van der Waals surface area contributed by atoms with Crippen molar-refractivity contribution in [2.24, 2.45) is 0 Å². The van der Waals surface area contributed by atoms with Crippen LogP contribution < -0.4 is 4.74 Å². The number of benzene rings is 1. The van der Waals surface area contributed by atoms with E-state index in [0.717, 1.165) is 30.8 Å². The van der Waals surface area contributed by atoms with Gasteiger partial charge in [-0.05, 0) is 24.6 Å². The van der Waals surface area contributed by atoms with Crippen LogP contribution in [0.3, 0.4) is 0 Å². The van der Waals surface area contributed by atoms with Crippen molar-refractivity contribution in [3.8, 4) is 5.75 Å². The topological polar surface area (TPSA) is 107 Å². The van der Waals surface area contributed by atoms with E-state index in [0.29, 0.717) is 6.54 Å². The minimum atomic E-state index is -1.82. The van der Waals surface area contributed by atoms with Crippen molar-refractivity contribution in [2.75, 3.05) is 19.6 Å². The normalized spacial score (nSPS) is 19.9. The quantitative estimate of drug-likeness (QED) is 0.544. The van der Waals surface area contributed by atoms with Crippen LogP contribution in [0.4, 0.5) is 0 Å². The molecule has 0 radical (unpaired) electrons. The van der Waals surface area contributed by atoms with E-state index in [1.165, 1.54) is 0 Å². The Morgan fingerprint density at radius 1 is 1.29 bits per heavy atom. The number of aliphatic carboxylic acids is 2. The summed E-state index contributed by atoms with van der Waals surface area (Å²) in [6, 6.07) is 7.95. The zero-order chi connectivity index (χ0) is 18.1. The summed E-state index contributed by atoms with van der Waals surface area (Å²) >= 11 is 0. The third-order valence-corrected chi connectivity index (χ3v) is 3.56. The average molecular weight is 337 g/mol. The lowest BCUT2D eigenvalue weighted by Gasteiger charge is -2.18. The number of hydrogen-bond donors (Lipinski definition) is 3. The molecule has 132 valence electrons. The van der Waals surface area contributed by atoms with Crippen LogP contribution in [0.15, 0.2) is 36.9 Å². The molecule has 1 aliphatic heterocycles. The van der Waals surface area contributed by atoms with Gasteiger partial charge in [0.1, 0.15) is 18.0 Å². The molecule has 0 spiro atoms. The highest BCUT2D eigenvalue weighted by molar-refractivity contribution is 6.27. The van der Waals surface area contributed by atoms with Crippen LogP contribution in [-0.4, -0.2) is 64.0 Å². The maximum Gasteiger partial charge on any atom is 0.414 e. The number of rotatable bonds is 5. The van der Waals surface area contributed by atoms with Gasteiger partial charge < -0.3 is 20.1 Å². The van der Waals surface area contributed by atoms with Gasteiger partial charge in [0.25, 0.3) is 0 Å². The molecule has 24 heavy (non-hydrogen) atoms. The fourth-order valence-electron chi connectivity index (χ4n) is 2.31. The molecule has 1 saturated heterocycles. The Hall–Kier alpha value is -2.38. The summed E-state index contributed by atoms with van der Waals surface area (Å²) in [5.41, 5.74) is 1.12. The maximum absolute atomic E-state index is 9.99. The Balaban J connectivity index is 0.000000413. The summed E-state index contributed by atoms with van der Waals surface area (Å²) in [7, 11) is 0. The van der Waals surface area contributed by atoms with Crippen molar-refractivity contribution < 1.29 is 29.6 Å². The van der Waals surface area contributed by atoms with Crippen LogP contribution in [0.1, 0.15) is 12.5 Å². The monoisotopic (exact) mass is 337 g/mol. The number of carboxylic acids is 2. The molecule has 0 aliphatic carbocycles. The van der Waals surface area contributed by atoms with Crippen LogP contribution in [0.5, 0.6) is 5.75 Å². The zero-order valence-electron chi connectivity index (χ0n) is 13.6. The number of aliphatic hydroxyl groups excluding tert-OH is 1. The highest BCUT2D eigenvalue weighted by Crippen LogP contribution is 2.23. The first kappa shape index (κ1) is 19.7. The number of carboxylic acid groups (broad SMARTS) is 2. The minimum absolute atomic E-state index is 0.129. The Morgan fingerprint density at radius 2 is 1.92 bits per heavy atom. The lowest BCUT2D eigenvalue weighted by atomic mass is 10.1. The fraction of sp³-hybridized carbons (Fsp3) is 0.412. The first-order chi connectivity index (χ1) is 11.4. The van der Waals surface area contributed by atoms with Gasteiger partial charge in [-0.3, -0.25) is 4.90 Å². The zero-order valence-corrected chi connectivity index (χ0v) is 13.6. The summed E-state index contributed by atoms with van der Waals surface area (Å²) in [6.45, 7) is 8.29. The van der Waals surface area contributed by atoms with Gasteiger partial charge in [0, 0.05) is 13.1 Å². The van der Waals surface area contributed by atoms with Crippen molar-refractivity contribution >= 4 is 11.9 Å². The third kappa shape index (κ3) is 6.02. The van der Waals surface area contributed by atoms with E-state index < -0.39 is 18.0 Å². The van der Waals surface area contributed by atoms with Crippen molar-refractivity contribution in [1.29, 1.82) is 0 Å². The molecule has 1 aromatic rings. The second kappa shape index (κ2) is 9.69. The van der Waals surface area contributed by atoms with Crippen molar-refractivity contribution in [2.45, 2.75) is 25.6 Å².